The van der Waals surface area contributed by atoms with Crippen molar-refractivity contribution >= 4 is 30.2 Å². The lowest BCUT2D eigenvalue weighted by Gasteiger charge is -2.40. The van der Waals surface area contributed by atoms with Crippen molar-refractivity contribution in [3.63, 3.8) is 0 Å². The van der Waals surface area contributed by atoms with Crippen molar-refractivity contribution in [1.29, 1.82) is 0 Å². The van der Waals surface area contributed by atoms with Crippen LogP contribution >= 0.6 is 12.6 Å². The number of methoxy groups -OCH3 is 1. The van der Waals surface area contributed by atoms with Gasteiger partial charge in [-0.25, -0.2) is 0 Å². The van der Waals surface area contributed by atoms with Gasteiger partial charge in [0.1, 0.15) is 11.9 Å². The molecule has 0 aromatic heterocycles. The Morgan fingerprint density at radius 3 is 2.48 bits per heavy atom. The molecule has 0 bridgehead atoms. The van der Waals surface area contributed by atoms with Crippen LogP contribution in [0, 0.1) is 5.41 Å². The van der Waals surface area contributed by atoms with Gasteiger partial charge in [-0.2, -0.15) is 12.6 Å². The summed E-state index contributed by atoms with van der Waals surface area (Å²) in [5.74, 6) is 0.258. The van der Waals surface area contributed by atoms with Crippen LogP contribution in [0.15, 0.2) is 24.3 Å². The van der Waals surface area contributed by atoms with Gasteiger partial charge in [0.2, 0.25) is 23.9 Å². The fraction of sp³-hybridized carbons (Fsp3) is 0.550. The van der Waals surface area contributed by atoms with Crippen molar-refractivity contribution in [2.24, 2.45) is 5.41 Å². The van der Waals surface area contributed by atoms with E-state index in [2.05, 4.69) is 23.3 Å². The zero-order valence-corrected chi connectivity index (χ0v) is 17.8. The van der Waals surface area contributed by atoms with Crippen LogP contribution in [0.1, 0.15) is 30.6 Å². The third kappa shape index (κ3) is 6.45. The molecular formula is C20H28N2O6S. The van der Waals surface area contributed by atoms with E-state index in [1.165, 1.54) is 0 Å². The Kier molecular flexibility index (Phi) is 8.48. The molecule has 2 N–H and O–H groups in total. The predicted octanol–water partition coefficient (Wildman–Crippen LogP) is 1.20. The van der Waals surface area contributed by atoms with Gasteiger partial charge in [-0.1, -0.05) is 13.8 Å². The van der Waals surface area contributed by atoms with Gasteiger partial charge >= 0.3 is 0 Å². The molecule has 9 heteroatoms. The first-order valence-electron chi connectivity index (χ1n) is 9.39. The maximum absolute atomic E-state index is 12.7. The lowest BCUT2D eigenvalue weighted by Crippen LogP contribution is -2.55. The van der Waals surface area contributed by atoms with Crippen LogP contribution in [0.3, 0.4) is 0 Å². The second kappa shape index (κ2) is 10.6. The van der Waals surface area contributed by atoms with E-state index in [0.717, 1.165) is 0 Å². The van der Waals surface area contributed by atoms with Gasteiger partial charge in [0, 0.05) is 36.2 Å². The Morgan fingerprint density at radius 1 is 1.17 bits per heavy atom. The number of Topliss-reactive ketones (excluding diaryl/α,β-unsaturated/α-hetero) is 1. The highest BCUT2D eigenvalue weighted by molar-refractivity contribution is 7.80. The number of rotatable bonds is 9. The molecular weight excluding hydrogens is 396 g/mol. The topological polar surface area (TPSA) is 103 Å². The SMILES string of the molecule is COc1ccc(C(=O)C2OCC(C)(C)[C@H](C(=O)NCCC(=O)NCCS)O2)cc1. The number of benzene rings is 1. The molecule has 1 unspecified atom stereocenters. The van der Waals surface area contributed by atoms with Crippen molar-refractivity contribution < 1.29 is 28.6 Å². The average Bonchev–Trinajstić information content (AvgIpc) is 2.71. The quantitative estimate of drug-likeness (QED) is 0.407. The molecule has 0 aliphatic carbocycles. The molecule has 160 valence electrons. The molecule has 1 aliphatic rings. The minimum Gasteiger partial charge on any atom is -0.497 e. The Morgan fingerprint density at radius 2 is 1.86 bits per heavy atom. The zero-order chi connectivity index (χ0) is 21.4. The van der Waals surface area contributed by atoms with Crippen LogP contribution in [0.25, 0.3) is 0 Å². The number of carbonyl (C=O) groups excluding carboxylic acids is 3. The van der Waals surface area contributed by atoms with E-state index in [1.54, 1.807) is 31.4 Å². The third-order valence-electron chi connectivity index (χ3n) is 4.49. The minimum absolute atomic E-state index is 0.150. The van der Waals surface area contributed by atoms with Crippen molar-refractivity contribution in [1.82, 2.24) is 10.6 Å². The number of hydrogen-bond donors (Lipinski definition) is 3. The first-order valence-corrected chi connectivity index (χ1v) is 10.0. The van der Waals surface area contributed by atoms with E-state index in [1.807, 2.05) is 13.8 Å². The molecule has 1 aromatic rings. The normalized spacial score (nSPS) is 20.6. The van der Waals surface area contributed by atoms with Crippen molar-refractivity contribution in [2.75, 3.05) is 32.6 Å². The highest BCUT2D eigenvalue weighted by atomic mass is 32.1. The molecule has 1 aromatic carbocycles. The van der Waals surface area contributed by atoms with E-state index in [-0.39, 0.29) is 37.2 Å². The summed E-state index contributed by atoms with van der Waals surface area (Å²) in [6.45, 7) is 4.47. The first-order chi connectivity index (χ1) is 13.8. The van der Waals surface area contributed by atoms with Crippen LogP contribution in [-0.4, -0.2) is 62.6 Å². The lowest BCUT2D eigenvalue weighted by molar-refractivity contribution is -0.232. The molecule has 2 rings (SSSR count). The van der Waals surface area contributed by atoms with Gasteiger partial charge < -0.3 is 24.8 Å². The second-order valence-electron chi connectivity index (χ2n) is 7.35. The molecule has 2 amide bonds. The van der Waals surface area contributed by atoms with Crippen LogP contribution in [-0.2, 0) is 19.1 Å². The first kappa shape index (κ1) is 23.2. The van der Waals surface area contributed by atoms with Crippen molar-refractivity contribution in [3.05, 3.63) is 29.8 Å². The zero-order valence-electron chi connectivity index (χ0n) is 16.9. The van der Waals surface area contributed by atoms with Crippen LogP contribution in [0.5, 0.6) is 5.75 Å². The van der Waals surface area contributed by atoms with E-state index in [4.69, 9.17) is 14.2 Å². The van der Waals surface area contributed by atoms with Gasteiger partial charge in [-0.15, -0.1) is 0 Å². The molecule has 0 spiro atoms. The summed E-state index contributed by atoms with van der Waals surface area (Å²) in [7, 11) is 1.54. The van der Waals surface area contributed by atoms with Crippen LogP contribution in [0.4, 0.5) is 0 Å². The number of carbonyl (C=O) groups is 3. The number of thiol groups is 1. The number of hydrogen-bond acceptors (Lipinski definition) is 7. The number of amides is 2. The molecule has 0 radical (unpaired) electrons. The highest BCUT2D eigenvalue weighted by Gasteiger charge is 2.44. The molecule has 1 saturated heterocycles. The Bertz CT molecular complexity index is 722. The van der Waals surface area contributed by atoms with Crippen LogP contribution < -0.4 is 15.4 Å². The largest absolute Gasteiger partial charge is 0.497 e. The van der Waals surface area contributed by atoms with Crippen molar-refractivity contribution in [2.45, 2.75) is 32.7 Å². The fourth-order valence-electron chi connectivity index (χ4n) is 2.83. The third-order valence-corrected chi connectivity index (χ3v) is 4.71. The number of ketones is 1. The van der Waals surface area contributed by atoms with Gasteiger partial charge in [-0.05, 0) is 24.3 Å². The van der Waals surface area contributed by atoms with E-state index < -0.39 is 17.8 Å². The maximum Gasteiger partial charge on any atom is 0.249 e. The standard InChI is InChI=1S/C20H28N2O6S/c1-20(2)12-27-19(16(24)13-4-6-14(26-3)7-5-13)28-17(20)18(25)22-9-8-15(23)21-10-11-29/h4-7,17,19,29H,8-12H2,1-3H3,(H,21,23)(H,22,25)/t17-,19?/m0/s1. The molecule has 29 heavy (non-hydrogen) atoms. The smallest absolute Gasteiger partial charge is 0.249 e. The van der Waals surface area contributed by atoms with E-state index in [0.29, 0.717) is 23.6 Å². The Balaban J connectivity index is 1.96. The van der Waals surface area contributed by atoms with Gasteiger partial charge in [-0.3, -0.25) is 14.4 Å². The summed E-state index contributed by atoms with van der Waals surface area (Å²) in [6.07, 6.45) is -1.91. The summed E-state index contributed by atoms with van der Waals surface area (Å²) in [6, 6.07) is 6.57. The summed E-state index contributed by atoms with van der Waals surface area (Å²) < 4.78 is 16.4. The van der Waals surface area contributed by atoms with Gasteiger partial charge in [0.05, 0.1) is 13.7 Å². The Labute approximate surface area is 176 Å². The fourth-order valence-corrected chi connectivity index (χ4v) is 2.95. The van der Waals surface area contributed by atoms with E-state index in [9.17, 15) is 14.4 Å². The monoisotopic (exact) mass is 424 g/mol. The molecule has 1 fully saturated rings. The summed E-state index contributed by atoms with van der Waals surface area (Å²) >= 11 is 4.02. The predicted molar refractivity (Wildman–Crippen MR) is 110 cm³/mol. The van der Waals surface area contributed by atoms with E-state index >= 15 is 0 Å². The summed E-state index contributed by atoms with van der Waals surface area (Å²) in [5, 5.41) is 5.38. The highest BCUT2D eigenvalue weighted by Crippen LogP contribution is 2.31. The molecule has 8 nitrogen and oxygen atoms in total. The summed E-state index contributed by atoms with van der Waals surface area (Å²) in [4.78, 5) is 37.0. The minimum atomic E-state index is -1.18. The molecule has 1 heterocycles. The summed E-state index contributed by atoms with van der Waals surface area (Å²) in [5.41, 5.74) is -0.231. The van der Waals surface area contributed by atoms with Gasteiger partial charge in [0.25, 0.3) is 0 Å². The second-order valence-corrected chi connectivity index (χ2v) is 7.80. The number of ether oxygens (including phenoxy) is 3. The molecule has 0 saturated carbocycles. The van der Waals surface area contributed by atoms with Crippen molar-refractivity contribution in [3.8, 4) is 5.75 Å². The maximum atomic E-state index is 12.7. The molecule has 2 atom stereocenters. The molecule has 1 aliphatic heterocycles. The average molecular weight is 425 g/mol. The van der Waals surface area contributed by atoms with Gasteiger partial charge in [0.15, 0.2) is 0 Å². The lowest BCUT2D eigenvalue weighted by atomic mass is 9.85. The number of nitrogens with one attached hydrogen (secondary N) is 2. The van der Waals surface area contributed by atoms with Crippen LogP contribution in [0.2, 0.25) is 0 Å². The Hall–Kier alpha value is -2.10.